The number of carbonyl (C=O) groups excluding carboxylic acids is 1. The number of halogens is 2. The Bertz CT molecular complexity index is 603. The van der Waals surface area contributed by atoms with E-state index in [9.17, 15) is 13.2 Å². The van der Waals surface area contributed by atoms with Gasteiger partial charge < -0.3 is 4.90 Å². The molecule has 1 amide bonds. The van der Waals surface area contributed by atoms with Gasteiger partial charge >= 0.3 is 0 Å². The Kier molecular flexibility index (Phi) is 3.55. The maximum atomic E-state index is 11.8. The van der Waals surface area contributed by atoms with Gasteiger partial charge in [-0.3, -0.25) is 4.79 Å². The second-order valence-electron chi connectivity index (χ2n) is 4.02. The number of anilines is 1. The SMILES string of the molecule is NS(=O)(=O)C1CC(=O)N(c2ccc(Cl)cc2Cl)C1. The van der Waals surface area contributed by atoms with E-state index in [0.29, 0.717) is 15.7 Å². The van der Waals surface area contributed by atoms with Crippen LogP contribution in [0.1, 0.15) is 6.42 Å². The molecule has 1 heterocycles. The number of rotatable bonds is 2. The van der Waals surface area contributed by atoms with Crippen LogP contribution in [0.3, 0.4) is 0 Å². The van der Waals surface area contributed by atoms with Crippen LogP contribution in [0, 0.1) is 0 Å². The van der Waals surface area contributed by atoms with Gasteiger partial charge in [-0.2, -0.15) is 0 Å². The third kappa shape index (κ3) is 2.61. The fourth-order valence-electron chi connectivity index (χ4n) is 1.83. The minimum Gasteiger partial charge on any atom is -0.310 e. The zero-order chi connectivity index (χ0) is 13.5. The van der Waals surface area contributed by atoms with Gasteiger partial charge in [0.05, 0.1) is 10.7 Å². The van der Waals surface area contributed by atoms with Crippen molar-refractivity contribution in [2.75, 3.05) is 11.4 Å². The van der Waals surface area contributed by atoms with E-state index < -0.39 is 15.3 Å². The van der Waals surface area contributed by atoms with Crippen LogP contribution >= 0.6 is 23.2 Å². The van der Waals surface area contributed by atoms with Crippen molar-refractivity contribution in [2.24, 2.45) is 5.14 Å². The summed E-state index contributed by atoms with van der Waals surface area (Å²) < 4.78 is 22.5. The molecule has 18 heavy (non-hydrogen) atoms. The third-order valence-corrected chi connectivity index (χ3v) is 4.54. The van der Waals surface area contributed by atoms with E-state index in [1.165, 1.54) is 11.0 Å². The molecule has 1 atom stereocenters. The van der Waals surface area contributed by atoms with Crippen LogP contribution in [-0.2, 0) is 14.8 Å². The average molecular weight is 309 g/mol. The van der Waals surface area contributed by atoms with Crippen molar-refractivity contribution >= 4 is 44.8 Å². The van der Waals surface area contributed by atoms with E-state index in [2.05, 4.69) is 0 Å². The van der Waals surface area contributed by atoms with E-state index in [-0.39, 0.29) is 18.9 Å². The largest absolute Gasteiger partial charge is 0.310 e. The quantitative estimate of drug-likeness (QED) is 0.896. The minimum absolute atomic E-state index is 0.0129. The summed E-state index contributed by atoms with van der Waals surface area (Å²) in [4.78, 5) is 13.1. The molecule has 2 rings (SSSR count). The van der Waals surface area contributed by atoms with Crippen molar-refractivity contribution < 1.29 is 13.2 Å². The molecule has 0 radical (unpaired) electrons. The number of sulfonamides is 1. The van der Waals surface area contributed by atoms with Gasteiger partial charge in [-0.1, -0.05) is 23.2 Å². The number of nitrogens with zero attached hydrogens (tertiary/aromatic N) is 1. The van der Waals surface area contributed by atoms with E-state index in [1.807, 2.05) is 0 Å². The molecule has 0 spiro atoms. The van der Waals surface area contributed by atoms with Gasteiger partial charge in [-0.15, -0.1) is 0 Å². The van der Waals surface area contributed by atoms with Crippen molar-refractivity contribution in [3.63, 3.8) is 0 Å². The predicted octanol–water partition coefficient (Wildman–Crippen LogP) is 1.39. The lowest BCUT2D eigenvalue weighted by Gasteiger charge is -2.17. The average Bonchev–Trinajstić information content (AvgIpc) is 2.60. The molecule has 0 aliphatic carbocycles. The van der Waals surface area contributed by atoms with Crippen molar-refractivity contribution in [2.45, 2.75) is 11.7 Å². The van der Waals surface area contributed by atoms with Crippen LogP contribution in [-0.4, -0.2) is 26.1 Å². The molecule has 1 unspecified atom stereocenters. The molecule has 98 valence electrons. The highest BCUT2D eigenvalue weighted by atomic mass is 35.5. The highest BCUT2D eigenvalue weighted by Gasteiger charge is 2.37. The first-order valence-electron chi connectivity index (χ1n) is 5.06. The Balaban J connectivity index is 2.33. The number of carbonyl (C=O) groups is 1. The summed E-state index contributed by atoms with van der Waals surface area (Å²) in [6.45, 7) is 0.0129. The molecule has 2 N–H and O–H groups in total. The highest BCUT2D eigenvalue weighted by Crippen LogP contribution is 2.32. The first kappa shape index (κ1) is 13.6. The fraction of sp³-hybridized carbons (Fsp3) is 0.300. The lowest BCUT2D eigenvalue weighted by atomic mass is 10.3. The molecule has 8 heteroatoms. The molecule has 1 saturated heterocycles. The molecule has 1 aliphatic heterocycles. The van der Waals surface area contributed by atoms with Gasteiger partial charge in [0.1, 0.15) is 5.25 Å². The Morgan fingerprint density at radius 3 is 2.50 bits per heavy atom. The second-order valence-corrected chi connectivity index (χ2v) is 6.70. The molecular weight excluding hydrogens is 299 g/mol. The second kappa shape index (κ2) is 4.70. The van der Waals surface area contributed by atoms with Gasteiger partial charge in [0.2, 0.25) is 15.9 Å². The van der Waals surface area contributed by atoms with Gasteiger partial charge in [-0.05, 0) is 18.2 Å². The summed E-state index contributed by atoms with van der Waals surface area (Å²) in [6, 6.07) is 4.66. The summed E-state index contributed by atoms with van der Waals surface area (Å²) >= 11 is 11.7. The van der Waals surface area contributed by atoms with Crippen LogP contribution in [0.5, 0.6) is 0 Å². The molecule has 1 aliphatic rings. The summed E-state index contributed by atoms with van der Waals surface area (Å²) in [7, 11) is -3.73. The molecule has 0 bridgehead atoms. The Hall–Kier alpha value is -0.820. The van der Waals surface area contributed by atoms with E-state index in [1.54, 1.807) is 12.1 Å². The zero-order valence-electron chi connectivity index (χ0n) is 9.14. The number of amides is 1. The number of hydrogen-bond acceptors (Lipinski definition) is 3. The molecule has 0 saturated carbocycles. The molecular formula is C10H10Cl2N2O3S. The topological polar surface area (TPSA) is 80.5 Å². The summed E-state index contributed by atoms with van der Waals surface area (Å²) in [5.74, 6) is -0.321. The van der Waals surface area contributed by atoms with Gasteiger partial charge in [0.15, 0.2) is 0 Å². The standard InChI is InChI=1S/C10H10Cl2N2O3S/c11-6-1-2-9(8(12)3-6)14-5-7(4-10(14)15)18(13,16)17/h1-3,7H,4-5H2,(H2,13,16,17). The maximum absolute atomic E-state index is 11.8. The fourth-order valence-corrected chi connectivity index (χ4v) is 3.07. The van der Waals surface area contributed by atoms with Gasteiger partial charge in [0, 0.05) is 18.0 Å². The van der Waals surface area contributed by atoms with Crippen LogP contribution < -0.4 is 10.0 Å². The zero-order valence-corrected chi connectivity index (χ0v) is 11.5. The van der Waals surface area contributed by atoms with Crippen LogP contribution in [0.4, 0.5) is 5.69 Å². The minimum atomic E-state index is -3.73. The smallest absolute Gasteiger partial charge is 0.228 e. The summed E-state index contributed by atoms with van der Waals surface area (Å²) in [5.41, 5.74) is 0.442. The van der Waals surface area contributed by atoms with Crippen molar-refractivity contribution in [3.05, 3.63) is 28.2 Å². The molecule has 0 aromatic heterocycles. The Morgan fingerprint density at radius 2 is 2.00 bits per heavy atom. The monoisotopic (exact) mass is 308 g/mol. The third-order valence-electron chi connectivity index (χ3n) is 2.75. The molecule has 1 aromatic carbocycles. The highest BCUT2D eigenvalue weighted by molar-refractivity contribution is 7.89. The first-order chi connectivity index (χ1) is 8.29. The van der Waals surface area contributed by atoms with Gasteiger partial charge in [-0.25, -0.2) is 13.6 Å². The summed E-state index contributed by atoms with van der Waals surface area (Å²) in [5, 5.41) is 4.89. The van der Waals surface area contributed by atoms with E-state index in [4.69, 9.17) is 28.3 Å². The summed E-state index contributed by atoms with van der Waals surface area (Å²) in [6.07, 6.45) is -0.127. The van der Waals surface area contributed by atoms with Crippen molar-refractivity contribution in [1.29, 1.82) is 0 Å². The van der Waals surface area contributed by atoms with Crippen LogP contribution in [0.2, 0.25) is 10.0 Å². The van der Waals surface area contributed by atoms with Crippen LogP contribution in [0.15, 0.2) is 18.2 Å². The van der Waals surface area contributed by atoms with Gasteiger partial charge in [0.25, 0.3) is 0 Å². The molecule has 1 aromatic rings. The molecule has 1 fully saturated rings. The van der Waals surface area contributed by atoms with Crippen molar-refractivity contribution in [1.82, 2.24) is 0 Å². The Labute approximate surface area is 115 Å². The number of hydrogen-bond donors (Lipinski definition) is 1. The van der Waals surface area contributed by atoms with E-state index in [0.717, 1.165) is 0 Å². The van der Waals surface area contributed by atoms with Crippen molar-refractivity contribution in [3.8, 4) is 0 Å². The number of nitrogens with two attached hydrogens (primary N) is 1. The first-order valence-corrected chi connectivity index (χ1v) is 7.42. The Morgan fingerprint density at radius 1 is 1.33 bits per heavy atom. The van der Waals surface area contributed by atoms with Crippen LogP contribution in [0.25, 0.3) is 0 Å². The number of benzene rings is 1. The lowest BCUT2D eigenvalue weighted by molar-refractivity contribution is -0.117. The molecule has 5 nitrogen and oxygen atoms in total. The normalized spacial score (nSPS) is 20.5. The van der Waals surface area contributed by atoms with E-state index >= 15 is 0 Å². The number of primary sulfonamides is 1. The lowest BCUT2D eigenvalue weighted by Crippen LogP contribution is -2.32. The predicted molar refractivity (Wildman–Crippen MR) is 70.3 cm³/mol. The maximum Gasteiger partial charge on any atom is 0.228 e.